The van der Waals surface area contributed by atoms with Crippen LogP contribution in [-0.4, -0.2) is 58.3 Å². The van der Waals surface area contributed by atoms with Crippen LogP contribution in [0.3, 0.4) is 0 Å². The molecule has 0 unspecified atom stereocenters. The minimum atomic E-state index is -0.692. The lowest BCUT2D eigenvalue weighted by molar-refractivity contribution is 0.101. The number of rotatable bonds is 11. The van der Waals surface area contributed by atoms with Gasteiger partial charge in [-0.15, -0.1) is 0 Å². The molecule has 1 saturated heterocycles. The lowest BCUT2D eigenvalue weighted by atomic mass is 10.1. The predicted octanol–water partition coefficient (Wildman–Crippen LogP) is 7.13. The molecule has 2 aromatic heterocycles. The van der Waals surface area contributed by atoms with E-state index in [4.69, 9.17) is 25.8 Å². The van der Waals surface area contributed by atoms with Gasteiger partial charge in [-0.2, -0.15) is 0 Å². The van der Waals surface area contributed by atoms with Gasteiger partial charge in [-0.3, -0.25) is 18.9 Å². The maximum absolute atomic E-state index is 15.4. The van der Waals surface area contributed by atoms with E-state index in [1.54, 1.807) is 62.7 Å². The highest BCUT2D eigenvalue weighted by atomic mass is 35.5. The molecule has 0 spiro atoms. The summed E-state index contributed by atoms with van der Waals surface area (Å²) in [5.74, 6) is 0.171. The third-order valence-corrected chi connectivity index (χ3v) is 8.77. The molecule has 1 aliphatic heterocycles. The van der Waals surface area contributed by atoms with Gasteiger partial charge >= 0.3 is 5.69 Å². The second kappa shape index (κ2) is 14.5. The number of carbonyl (C=O) groups is 1. The number of fused-ring (bicyclic) bond motifs is 1. The van der Waals surface area contributed by atoms with E-state index in [1.165, 1.54) is 47.6 Å². The smallest absolute Gasteiger partial charge is 0.333 e. The standard InChI is InChI=1S/C36H37ClFN5O5/c1-23-34(41(2)36(45)43(23)26-11-8-24(37)9-12-26)35(44)40-25-10-13-31(28(38)20-25)48-30-14-15-39-29-22-33(32(46-3)21-27(29)30)47-19-7-18-42-16-5-4-6-17-42/h8-15,20-22H,4-7,16-19H2,1-3H3,(H,40,44). The number of nitrogens with one attached hydrogen (secondary N) is 1. The molecular weight excluding hydrogens is 637 g/mol. The Kier molecular flexibility index (Phi) is 9.98. The van der Waals surface area contributed by atoms with Gasteiger partial charge in [0.25, 0.3) is 5.91 Å². The number of carbonyl (C=O) groups excluding carboxylic acids is 1. The molecule has 250 valence electrons. The van der Waals surface area contributed by atoms with Crippen molar-refractivity contribution in [3.05, 3.63) is 99.6 Å². The number of imidazole rings is 1. The van der Waals surface area contributed by atoms with Crippen molar-refractivity contribution in [1.29, 1.82) is 0 Å². The first-order valence-electron chi connectivity index (χ1n) is 15.9. The zero-order valence-electron chi connectivity index (χ0n) is 27.1. The quantitative estimate of drug-likeness (QED) is 0.149. The van der Waals surface area contributed by atoms with Crippen LogP contribution in [0.1, 0.15) is 41.9 Å². The first-order chi connectivity index (χ1) is 23.2. The number of halogens is 2. The van der Waals surface area contributed by atoms with Crippen LogP contribution in [0.15, 0.2) is 71.7 Å². The number of nitrogens with zero attached hydrogens (tertiary/aromatic N) is 4. The fourth-order valence-corrected chi connectivity index (χ4v) is 6.19. The van der Waals surface area contributed by atoms with Gasteiger partial charge in [-0.25, -0.2) is 9.18 Å². The van der Waals surface area contributed by atoms with Crippen molar-refractivity contribution in [1.82, 2.24) is 19.0 Å². The number of benzene rings is 3. The second-order valence-corrected chi connectivity index (χ2v) is 12.2. The highest BCUT2D eigenvalue weighted by molar-refractivity contribution is 6.30. The largest absolute Gasteiger partial charge is 0.493 e. The predicted molar refractivity (Wildman–Crippen MR) is 184 cm³/mol. The van der Waals surface area contributed by atoms with E-state index in [-0.39, 0.29) is 17.1 Å². The van der Waals surface area contributed by atoms with Crippen molar-refractivity contribution in [3.8, 4) is 28.7 Å². The van der Waals surface area contributed by atoms with E-state index in [0.29, 0.717) is 51.2 Å². The van der Waals surface area contributed by atoms with Gasteiger partial charge in [0, 0.05) is 48.0 Å². The molecule has 6 rings (SSSR count). The highest BCUT2D eigenvalue weighted by Gasteiger charge is 2.22. The molecular formula is C36H37ClFN5O5. The maximum Gasteiger partial charge on any atom is 0.333 e. The molecule has 0 saturated carbocycles. The minimum absolute atomic E-state index is 0.0463. The van der Waals surface area contributed by atoms with Crippen LogP contribution in [0.25, 0.3) is 16.6 Å². The van der Waals surface area contributed by atoms with E-state index in [1.807, 2.05) is 0 Å². The second-order valence-electron chi connectivity index (χ2n) is 11.7. The van der Waals surface area contributed by atoms with Crippen LogP contribution >= 0.6 is 11.6 Å². The van der Waals surface area contributed by atoms with Crippen LogP contribution in [0, 0.1) is 12.7 Å². The summed E-state index contributed by atoms with van der Waals surface area (Å²) in [6, 6.07) is 16.0. The van der Waals surface area contributed by atoms with Gasteiger partial charge in [0.1, 0.15) is 11.4 Å². The van der Waals surface area contributed by atoms with Gasteiger partial charge in [0.05, 0.1) is 30.6 Å². The fraction of sp³-hybridized carbons (Fsp3) is 0.306. The number of methoxy groups -OCH3 is 1. The molecule has 3 heterocycles. The van der Waals surface area contributed by atoms with Gasteiger partial charge in [-0.1, -0.05) is 18.0 Å². The summed E-state index contributed by atoms with van der Waals surface area (Å²) >= 11 is 6.00. The van der Waals surface area contributed by atoms with Crippen molar-refractivity contribution >= 4 is 34.1 Å². The summed E-state index contributed by atoms with van der Waals surface area (Å²) in [7, 11) is 3.07. The molecule has 3 aromatic carbocycles. The van der Waals surface area contributed by atoms with Crippen LogP contribution < -0.4 is 25.2 Å². The third-order valence-electron chi connectivity index (χ3n) is 8.51. The van der Waals surface area contributed by atoms with Crippen molar-refractivity contribution in [2.45, 2.75) is 32.6 Å². The Bertz CT molecular complexity index is 2000. The Morgan fingerprint density at radius 1 is 0.979 bits per heavy atom. The molecule has 0 atom stereocenters. The zero-order valence-corrected chi connectivity index (χ0v) is 27.8. The molecule has 1 fully saturated rings. The Morgan fingerprint density at radius 3 is 2.48 bits per heavy atom. The van der Waals surface area contributed by atoms with Crippen LogP contribution in [0.2, 0.25) is 5.02 Å². The fourth-order valence-electron chi connectivity index (χ4n) is 6.06. The lowest BCUT2D eigenvalue weighted by Gasteiger charge is -2.26. The molecule has 5 aromatic rings. The van der Waals surface area contributed by atoms with Crippen molar-refractivity contribution in [2.24, 2.45) is 7.05 Å². The Labute approximate surface area is 282 Å². The molecule has 0 aliphatic carbocycles. The number of anilines is 1. The number of amides is 1. The molecule has 1 N–H and O–H groups in total. The molecule has 10 nitrogen and oxygen atoms in total. The number of hydrogen-bond donors (Lipinski definition) is 1. The van der Waals surface area contributed by atoms with E-state index in [9.17, 15) is 9.59 Å². The SMILES string of the molecule is COc1cc2c(Oc3ccc(NC(=O)c4c(C)n(-c5ccc(Cl)cc5)c(=O)n4C)cc3F)ccnc2cc1OCCCN1CCCCC1. The summed E-state index contributed by atoms with van der Waals surface area (Å²) in [5.41, 5.74) is 1.53. The Hall–Kier alpha value is -4.87. The Morgan fingerprint density at radius 2 is 1.75 bits per heavy atom. The highest BCUT2D eigenvalue weighted by Crippen LogP contribution is 2.38. The Balaban J connectivity index is 1.16. The van der Waals surface area contributed by atoms with Crippen LogP contribution in [0.4, 0.5) is 10.1 Å². The lowest BCUT2D eigenvalue weighted by Crippen LogP contribution is -2.31. The molecule has 0 bridgehead atoms. The average molecular weight is 674 g/mol. The van der Waals surface area contributed by atoms with Crippen LogP contribution in [-0.2, 0) is 7.05 Å². The van der Waals surface area contributed by atoms with Crippen molar-refractivity contribution < 1.29 is 23.4 Å². The number of hydrogen-bond acceptors (Lipinski definition) is 7. The molecule has 1 aliphatic rings. The summed E-state index contributed by atoms with van der Waals surface area (Å²) in [4.78, 5) is 33.2. The number of pyridine rings is 1. The average Bonchev–Trinajstić information content (AvgIpc) is 3.31. The van der Waals surface area contributed by atoms with E-state index >= 15 is 4.39 Å². The summed E-state index contributed by atoms with van der Waals surface area (Å²) in [5, 5.41) is 3.84. The normalized spacial score (nSPS) is 13.4. The van der Waals surface area contributed by atoms with E-state index in [2.05, 4.69) is 15.2 Å². The monoisotopic (exact) mass is 673 g/mol. The number of aromatic nitrogens is 3. The number of ether oxygens (including phenoxy) is 3. The molecule has 48 heavy (non-hydrogen) atoms. The molecule has 12 heteroatoms. The summed E-state index contributed by atoms with van der Waals surface area (Å²) in [6.45, 7) is 5.50. The summed E-state index contributed by atoms with van der Waals surface area (Å²) < 4.78 is 35.7. The first kappa shape index (κ1) is 33.0. The number of piperidine rings is 1. The summed E-state index contributed by atoms with van der Waals surface area (Å²) in [6.07, 6.45) is 6.30. The topological polar surface area (TPSA) is 99.9 Å². The first-order valence-corrected chi connectivity index (χ1v) is 16.3. The van der Waals surface area contributed by atoms with Crippen molar-refractivity contribution in [3.63, 3.8) is 0 Å². The van der Waals surface area contributed by atoms with Gasteiger partial charge in [0.2, 0.25) is 0 Å². The third kappa shape index (κ3) is 7.02. The van der Waals surface area contributed by atoms with E-state index in [0.717, 1.165) is 32.1 Å². The molecule has 1 amide bonds. The van der Waals surface area contributed by atoms with E-state index < -0.39 is 17.4 Å². The molecule has 0 radical (unpaired) electrons. The number of likely N-dealkylation sites (tertiary alicyclic amines) is 1. The van der Waals surface area contributed by atoms with Crippen molar-refractivity contribution in [2.75, 3.05) is 38.7 Å². The minimum Gasteiger partial charge on any atom is -0.493 e. The van der Waals surface area contributed by atoms with Gasteiger partial charge in [0.15, 0.2) is 23.1 Å². The van der Waals surface area contributed by atoms with Gasteiger partial charge in [-0.05, 0) is 87.8 Å². The van der Waals surface area contributed by atoms with Gasteiger partial charge < -0.3 is 24.4 Å². The maximum atomic E-state index is 15.4. The zero-order chi connectivity index (χ0) is 33.8. The van der Waals surface area contributed by atoms with Crippen LogP contribution in [0.5, 0.6) is 23.0 Å².